The number of aliphatic hydroxyl groups excluding tert-OH is 2. The molecule has 3 heterocycles. The molecule has 4 atom stereocenters. The van der Waals surface area contributed by atoms with Gasteiger partial charge in [-0.3, -0.25) is 23.4 Å². The molecule has 28 heavy (non-hydrogen) atoms. The fourth-order valence-electron chi connectivity index (χ4n) is 2.79. The Kier molecular flexibility index (Phi) is 5.91. The lowest BCUT2D eigenvalue weighted by molar-refractivity contribution is -0.0548. The van der Waals surface area contributed by atoms with Gasteiger partial charge in [0.2, 0.25) is 0 Å². The van der Waals surface area contributed by atoms with E-state index in [1.54, 1.807) is 18.2 Å². The average Bonchev–Trinajstić information content (AvgIpc) is 2.92. The van der Waals surface area contributed by atoms with Crippen LogP contribution in [-0.4, -0.2) is 59.0 Å². The summed E-state index contributed by atoms with van der Waals surface area (Å²) in [5.41, 5.74) is -0.951. The highest BCUT2D eigenvalue weighted by Gasteiger charge is 2.45. The Morgan fingerprint density at radius 3 is 2.57 bits per heavy atom. The van der Waals surface area contributed by atoms with Crippen LogP contribution in [0.15, 0.2) is 46.2 Å². The normalized spacial score (nSPS) is 25.1. The fraction of sp³-hybridized carbons (Fsp3) is 0.400. The van der Waals surface area contributed by atoms with Gasteiger partial charge in [0.25, 0.3) is 5.56 Å². The number of nitrogens with zero attached hydrogens (tertiary/aromatic N) is 3. The number of ether oxygens (including phenoxy) is 1. The topological polar surface area (TPSA) is 173 Å². The quantitative estimate of drug-likeness (QED) is 0.394. The molecule has 0 spiro atoms. The predicted molar refractivity (Wildman–Crippen MR) is 92.2 cm³/mol. The van der Waals surface area contributed by atoms with E-state index in [0.29, 0.717) is 5.69 Å². The van der Waals surface area contributed by atoms with Gasteiger partial charge in [-0.25, -0.2) is 9.36 Å². The van der Waals surface area contributed by atoms with Crippen molar-refractivity contribution in [3.63, 3.8) is 0 Å². The predicted octanol–water partition coefficient (Wildman–Crippen LogP) is -1.82. The molecule has 4 N–H and O–H groups in total. The Balaban J connectivity index is 1.87. The van der Waals surface area contributed by atoms with Gasteiger partial charge in [0.1, 0.15) is 18.3 Å². The molecular formula is C15H18N3O9P. The first-order valence-corrected chi connectivity index (χ1v) is 9.64. The maximum absolute atomic E-state index is 12.7. The molecule has 1 fully saturated rings. The van der Waals surface area contributed by atoms with Gasteiger partial charge in [-0.2, -0.15) is 0 Å². The number of hydrogen-bond acceptors (Lipinski definition) is 8. The summed E-state index contributed by atoms with van der Waals surface area (Å²) in [6.07, 6.45) is -3.23. The summed E-state index contributed by atoms with van der Waals surface area (Å²) in [4.78, 5) is 46.4. The molecular weight excluding hydrogens is 397 g/mol. The van der Waals surface area contributed by atoms with E-state index in [9.17, 15) is 24.4 Å². The second kappa shape index (κ2) is 8.05. The molecule has 0 radical (unpaired) electrons. The molecule has 0 unspecified atom stereocenters. The third-order valence-electron chi connectivity index (χ3n) is 4.16. The fourth-order valence-corrected chi connectivity index (χ4v) is 3.13. The van der Waals surface area contributed by atoms with Gasteiger partial charge in [-0.15, -0.1) is 0 Å². The third-order valence-corrected chi connectivity index (χ3v) is 4.65. The van der Waals surface area contributed by atoms with E-state index in [2.05, 4.69) is 9.51 Å². The van der Waals surface area contributed by atoms with Gasteiger partial charge >= 0.3 is 13.5 Å². The van der Waals surface area contributed by atoms with Gasteiger partial charge in [-0.05, 0) is 12.1 Å². The van der Waals surface area contributed by atoms with Crippen LogP contribution in [0.3, 0.4) is 0 Å². The molecule has 0 aliphatic carbocycles. The van der Waals surface area contributed by atoms with E-state index in [4.69, 9.17) is 14.5 Å². The number of aliphatic hydroxyl groups is 2. The second-order valence-electron chi connectivity index (χ2n) is 6.08. The molecule has 3 rings (SSSR count). The summed E-state index contributed by atoms with van der Waals surface area (Å²) in [5, 5.41) is 20.2. The molecule has 0 bridgehead atoms. The van der Waals surface area contributed by atoms with E-state index in [-0.39, 0.29) is 6.54 Å². The molecule has 2 aromatic heterocycles. The molecule has 152 valence electrons. The highest BCUT2D eigenvalue weighted by atomic mass is 31.2. The van der Waals surface area contributed by atoms with Crippen LogP contribution >= 0.6 is 7.82 Å². The molecule has 1 aliphatic rings. The van der Waals surface area contributed by atoms with Crippen LogP contribution < -0.4 is 11.2 Å². The van der Waals surface area contributed by atoms with Crippen molar-refractivity contribution in [3.05, 3.63) is 63.2 Å². The molecule has 1 saturated heterocycles. The van der Waals surface area contributed by atoms with Crippen LogP contribution in [-0.2, 0) is 20.4 Å². The van der Waals surface area contributed by atoms with Crippen LogP contribution in [0.25, 0.3) is 0 Å². The molecule has 2 aromatic rings. The smallest absolute Gasteiger partial charge is 0.387 e. The second-order valence-corrected chi connectivity index (χ2v) is 7.32. The molecule has 12 nitrogen and oxygen atoms in total. The zero-order valence-electron chi connectivity index (χ0n) is 14.3. The Bertz CT molecular complexity index is 986. The van der Waals surface area contributed by atoms with Crippen molar-refractivity contribution in [1.29, 1.82) is 0 Å². The summed E-state index contributed by atoms with van der Waals surface area (Å²) in [6.45, 7) is -0.823. The molecule has 13 heteroatoms. The van der Waals surface area contributed by atoms with Crippen LogP contribution in [0.2, 0.25) is 0 Å². The van der Waals surface area contributed by atoms with Crippen molar-refractivity contribution in [1.82, 2.24) is 14.1 Å². The molecule has 0 aromatic carbocycles. The Labute approximate surface area is 157 Å². The zero-order valence-corrected chi connectivity index (χ0v) is 15.2. The van der Waals surface area contributed by atoms with Gasteiger partial charge in [0.15, 0.2) is 6.23 Å². The van der Waals surface area contributed by atoms with Crippen LogP contribution in [0.1, 0.15) is 11.9 Å². The standard InChI is InChI=1S/C15H18N3O9P/c19-11-4-6-17(15(22)18(11)7-9-3-1-2-5-16-9)14-13(21)12(20)10(27-14)8-26-28(23,24)25/h1-6,10,12-14,20-21H,7-8H2,(H2,23,24,25)/t10-,12+,13+,14-/m1/s1. The Hall–Kier alpha value is -2.18. The lowest BCUT2D eigenvalue weighted by Crippen LogP contribution is -2.43. The van der Waals surface area contributed by atoms with Gasteiger partial charge in [-0.1, -0.05) is 6.07 Å². The minimum absolute atomic E-state index is 0.116. The minimum Gasteiger partial charge on any atom is -0.387 e. The van der Waals surface area contributed by atoms with Crippen LogP contribution in [0.4, 0.5) is 0 Å². The first-order valence-electron chi connectivity index (χ1n) is 8.11. The average molecular weight is 415 g/mol. The summed E-state index contributed by atoms with van der Waals surface area (Å²) < 4.78 is 22.2. The van der Waals surface area contributed by atoms with E-state index in [0.717, 1.165) is 21.4 Å². The maximum atomic E-state index is 12.7. The van der Waals surface area contributed by atoms with Crippen molar-refractivity contribution in [2.45, 2.75) is 31.1 Å². The van der Waals surface area contributed by atoms with Gasteiger partial charge in [0, 0.05) is 18.5 Å². The largest absolute Gasteiger partial charge is 0.469 e. The molecule has 1 aliphatic heterocycles. The first-order chi connectivity index (χ1) is 13.2. The third kappa shape index (κ3) is 4.45. The molecule has 0 saturated carbocycles. The monoisotopic (exact) mass is 415 g/mol. The van der Waals surface area contributed by atoms with E-state index >= 15 is 0 Å². The number of hydrogen-bond donors (Lipinski definition) is 4. The number of aromatic nitrogens is 3. The maximum Gasteiger partial charge on any atom is 0.469 e. The van der Waals surface area contributed by atoms with Crippen molar-refractivity contribution >= 4 is 7.82 Å². The van der Waals surface area contributed by atoms with E-state index < -0.39 is 50.2 Å². The highest BCUT2D eigenvalue weighted by Crippen LogP contribution is 2.38. The lowest BCUT2D eigenvalue weighted by Gasteiger charge is -2.18. The minimum atomic E-state index is -4.81. The summed E-state index contributed by atoms with van der Waals surface area (Å²) in [7, 11) is -4.81. The van der Waals surface area contributed by atoms with Crippen molar-refractivity contribution in [2.24, 2.45) is 0 Å². The summed E-state index contributed by atoms with van der Waals surface area (Å²) >= 11 is 0. The van der Waals surface area contributed by atoms with Gasteiger partial charge < -0.3 is 24.7 Å². The Morgan fingerprint density at radius 1 is 1.18 bits per heavy atom. The number of phosphoric acid groups is 1. The lowest BCUT2D eigenvalue weighted by atomic mass is 10.1. The van der Waals surface area contributed by atoms with Crippen LogP contribution in [0, 0.1) is 0 Å². The zero-order chi connectivity index (χ0) is 20.5. The van der Waals surface area contributed by atoms with Crippen LogP contribution in [0.5, 0.6) is 0 Å². The van der Waals surface area contributed by atoms with E-state index in [1.165, 1.54) is 6.20 Å². The van der Waals surface area contributed by atoms with E-state index in [1.807, 2.05) is 0 Å². The van der Waals surface area contributed by atoms with Crippen molar-refractivity contribution < 1.29 is 33.8 Å². The Morgan fingerprint density at radius 2 is 1.93 bits per heavy atom. The van der Waals surface area contributed by atoms with Crippen molar-refractivity contribution in [2.75, 3.05) is 6.61 Å². The number of pyridine rings is 1. The summed E-state index contributed by atoms with van der Waals surface area (Å²) in [6, 6.07) is 6.09. The van der Waals surface area contributed by atoms with Crippen molar-refractivity contribution in [3.8, 4) is 0 Å². The SMILES string of the molecule is O=c1ccn([C@@H]2O[C@H](COP(=O)(O)O)[C@H](O)[C@@H]2O)c(=O)n1Cc1ccccn1. The number of phosphoric ester groups is 1. The highest BCUT2D eigenvalue weighted by molar-refractivity contribution is 7.46. The first kappa shape index (κ1) is 20.6. The van der Waals surface area contributed by atoms with Gasteiger partial charge in [0.05, 0.1) is 18.8 Å². The molecule has 0 amide bonds. The summed E-state index contributed by atoms with van der Waals surface area (Å²) in [5.74, 6) is 0. The number of rotatable bonds is 6.